The topological polar surface area (TPSA) is 91.1 Å². The van der Waals surface area contributed by atoms with Gasteiger partial charge in [0.25, 0.3) is 0 Å². The Kier molecular flexibility index (Phi) is 5.76. The number of benzene rings is 1. The van der Waals surface area contributed by atoms with Gasteiger partial charge in [-0.05, 0) is 76.1 Å². The van der Waals surface area contributed by atoms with Crippen LogP contribution in [0.2, 0.25) is 0 Å². The third-order valence-electron chi connectivity index (χ3n) is 6.13. The van der Waals surface area contributed by atoms with Gasteiger partial charge in [-0.25, -0.2) is 9.18 Å². The van der Waals surface area contributed by atoms with Crippen LogP contribution in [0, 0.1) is 35.9 Å². The number of carbonyl (C=O) groups is 1. The van der Waals surface area contributed by atoms with Crippen LogP contribution in [0.15, 0.2) is 24.3 Å². The minimum Gasteiger partial charge on any atom is -0.444 e. The first kappa shape index (κ1) is 22.0. The predicted octanol–water partition coefficient (Wildman–Crippen LogP) is 4.52. The van der Waals surface area contributed by atoms with Crippen molar-refractivity contribution in [1.82, 2.24) is 15.1 Å². The van der Waals surface area contributed by atoms with E-state index in [0.29, 0.717) is 47.6 Å². The number of nitrogens with zero attached hydrogens (tertiary/aromatic N) is 4. The third-order valence-corrected chi connectivity index (χ3v) is 6.13. The first-order valence-corrected chi connectivity index (χ1v) is 10.9. The molecule has 2 fully saturated rings. The lowest BCUT2D eigenvalue weighted by molar-refractivity contribution is 0.0280. The molecule has 2 aromatic rings. The number of hydrogen-bond acceptors (Lipinski definition) is 6. The van der Waals surface area contributed by atoms with Crippen LogP contribution in [-0.2, 0) is 4.74 Å². The largest absolute Gasteiger partial charge is 0.444 e. The Bertz CT molecular complexity index is 1060. The fraction of sp³-hybridized carbons (Fsp3) is 0.500. The quantitative estimate of drug-likeness (QED) is 0.759. The summed E-state index contributed by atoms with van der Waals surface area (Å²) >= 11 is 0. The molecule has 1 aromatic carbocycles. The molecule has 7 nitrogen and oxygen atoms in total. The number of ether oxygens (including phenoxy) is 1. The lowest BCUT2D eigenvalue weighted by atomic mass is 10.0. The van der Waals surface area contributed by atoms with Crippen LogP contribution in [0.25, 0.3) is 11.3 Å². The summed E-state index contributed by atoms with van der Waals surface area (Å²) in [6.07, 6.45) is 1.53. The molecule has 0 radical (unpaired) electrons. The summed E-state index contributed by atoms with van der Waals surface area (Å²) in [4.78, 5) is 14.2. The van der Waals surface area contributed by atoms with Gasteiger partial charge in [-0.2, -0.15) is 5.26 Å². The Balaban J connectivity index is 1.42. The van der Waals surface area contributed by atoms with Gasteiger partial charge >= 0.3 is 6.09 Å². The molecule has 2 heterocycles. The number of aryl methyl sites for hydroxylation is 1. The zero-order valence-corrected chi connectivity index (χ0v) is 18.9. The number of likely N-dealkylation sites (tertiary alicyclic amines) is 1. The van der Waals surface area contributed by atoms with Gasteiger partial charge in [0, 0.05) is 24.7 Å². The molecular formula is C24H28FN5O2. The fourth-order valence-electron chi connectivity index (χ4n) is 4.67. The molecule has 0 spiro atoms. The Labute approximate surface area is 187 Å². The minimum absolute atomic E-state index is 0.161. The predicted molar refractivity (Wildman–Crippen MR) is 118 cm³/mol. The summed E-state index contributed by atoms with van der Waals surface area (Å²) < 4.78 is 19.2. The number of amides is 1. The number of nitriles is 1. The SMILES string of the molecule is Cc1ccc(F)cc1-c1cc(C#N)c(N[C@H]2C[C@@H]3CN(C(=O)OC(C)(C)C)C[C@@H]3C2)nn1. The van der Waals surface area contributed by atoms with Crippen molar-refractivity contribution in [3.8, 4) is 17.3 Å². The van der Waals surface area contributed by atoms with Gasteiger partial charge in [-0.3, -0.25) is 0 Å². The van der Waals surface area contributed by atoms with Crippen LogP contribution < -0.4 is 5.32 Å². The van der Waals surface area contributed by atoms with Gasteiger partial charge in [0.05, 0.1) is 11.3 Å². The number of anilines is 1. The maximum Gasteiger partial charge on any atom is 0.410 e. The van der Waals surface area contributed by atoms with Gasteiger partial charge in [0.15, 0.2) is 5.82 Å². The highest BCUT2D eigenvalue weighted by atomic mass is 19.1. The smallest absolute Gasteiger partial charge is 0.410 e. The average molecular weight is 438 g/mol. The van der Waals surface area contributed by atoms with Crippen molar-refractivity contribution >= 4 is 11.9 Å². The van der Waals surface area contributed by atoms with E-state index in [9.17, 15) is 14.4 Å². The number of rotatable bonds is 3. The summed E-state index contributed by atoms with van der Waals surface area (Å²) in [5.74, 6) is 0.880. The minimum atomic E-state index is -0.499. The molecule has 1 saturated carbocycles. The Morgan fingerprint density at radius 2 is 1.91 bits per heavy atom. The zero-order valence-electron chi connectivity index (χ0n) is 18.9. The van der Waals surface area contributed by atoms with Crippen molar-refractivity contribution in [1.29, 1.82) is 5.26 Å². The molecule has 1 aliphatic carbocycles. The third kappa shape index (κ3) is 4.67. The number of nitrogens with one attached hydrogen (secondary N) is 1. The van der Waals surface area contributed by atoms with E-state index in [1.165, 1.54) is 12.1 Å². The highest BCUT2D eigenvalue weighted by Gasteiger charge is 2.43. The fourth-order valence-corrected chi connectivity index (χ4v) is 4.67. The van der Waals surface area contributed by atoms with Gasteiger partial charge < -0.3 is 15.0 Å². The molecule has 2 aliphatic rings. The number of carbonyl (C=O) groups excluding carboxylic acids is 1. The Morgan fingerprint density at radius 1 is 1.22 bits per heavy atom. The molecular weight excluding hydrogens is 409 g/mol. The van der Waals surface area contributed by atoms with Crippen LogP contribution in [-0.4, -0.2) is 45.9 Å². The van der Waals surface area contributed by atoms with Crippen molar-refractivity contribution in [2.24, 2.45) is 11.8 Å². The summed E-state index contributed by atoms with van der Waals surface area (Å²) in [5, 5.41) is 21.5. The molecule has 1 aromatic heterocycles. The number of aromatic nitrogens is 2. The Morgan fingerprint density at radius 3 is 2.53 bits per heavy atom. The zero-order chi connectivity index (χ0) is 23.0. The van der Waals surface area contributed by atoms with E-state index in [2.05, 4.69) is 21.6 Å². The number of fused-ring (bicyclic) bond motifs is 1. The lowest BCUT2D eigenvalue weighted by Gasteiger charge is -2.25. The van der Waals surface area contributed by atoms with E-state index >= 15 is 0 Å². The standard InChI is InChI=1S/C24H28FN5O2/c1-14-5-6-18(25)10-20(14)21-9-15(11-26)22(29-28-21)27-19-7-16-12-30(13-17(16)8-19)23(31)32-24(2,3)4/h5-6,9-10,16-17,19H,7-8,12-13H2,1-4H3,(H,27,29)/t16-,17+,19+. The van der Waals surface area contributed by atoms with E-state index < -0.39 is 5.60 Å². The molecule has 1 aliphatic heterocycles. The summed E-state index contributed by atoms with van der Waals surface area (Å²) in [6.45, 7) is 8.86. The van der Waals surface area contributed by atoms with Crippen molar-refractivity contribution in [2.45, 2.75) is 52.2 Å². The van der Waals surface area contributed by atoms with E-state index in [1.807, 2.05) is 27.7 Å². The van der Waals surface area contributed by atoms with Crippen LogP contribution >= 0.6 is 0 Å². The first-order chi connectivity index (χ1) is 15.1. The maximum atomic E-state index is 13.7. The van der Waals surface area contributed by atoms with Crippen LogP contribution in [0.1, 0.15) is 44.7 Å². The van der Waals surface area contributed by atoms with Crippen molar-refractivity contribution < 1.29 is 13.9 Å². The van der Waals surface area contributed by atoms with E-state index in [-0.39, 0.29) is 18.0 Å². The lowest BCUT2D eigenvalue weighted by Crippen LogP contribution is -2.36. The molecule has 32 heavy (non-hydrogen) atoms. The molecule has 1 N–H and O–H groups in total. The molecule has 0 unspecified atom stereocenters. The number of hydrogen-bond donors (Lipinski definition) is 1. The normalized spacial score (nSPS) is 22.4. The summed E-state index contributed by atoms with van der Waals surface area (Å²) in [6, 6.07) is 8.48. The van der Waals surface area contributed by atoms with E-state index in [4.69, 9.17) is 4.74 Å². The molecule has 0 bridgehead atoms. The molecule has 168 valence electrons. The van der Waals surface area contributed by atoms with Crippen LogP contribution in [0.4, 0.5) is 15.0 Å². The van der Waals surface area contributed by atoms with Gasteiger partial charge in [0.2, 0.25) is 0 Å². The first-order valence-electron chi connectivity index (χ1n) is 10.9. The van der Waals surface area contributed by atoms with E-state index in [0.717, 1.165) is 18.4 Å². The summed E-state index contributed by atoms with van der Waals surface area (Å²) in [5.41, 5.74) is 1.84. The maximum absolute atomic E-state index is 13.7. The second-order valence-corrected chi connectivity index (χ2v) is 9.78. The molecule has 8 heteroatoms. The number of halogens is 1. The second-order valence-electron chi connectivity index (χ2n) is 9.78. The van der Waals surface area contributed by atoms with E-state index in [1.54, 1.807) is 17.0 Å². The van der Waals surface area contributed by atoms with Crippen molar-refractivity contribution in [3.63, 3.8) is 0 Å². The second kappa shape index (κ2) is 8.38. The molecule has 3 atom stereocenters. The van der Waals surface area contributed by atoms with Crippen molar-refractivity contribution in [2.75, 3.05) is 18.4 Å². The monoisotopic (exact) mass is 437 g/mol. The van der Waals surface area contributed by atoms with Gasteiger partial charge in [-0.1, -0.05) is 6.07 Å². The average Bonchev–Trinajstić information content (AvgIpc) is 3.28. The van der Waals surface area contributed by atoms with Crippen LogP contribution in [0.3, 0.4) is 0 Å². The molecule has 1 amide bonds. The highest BCUT2D eigenvalue weighted by molar-refractivity contribution is 5.69. The molecule has 4 rings (SSSR count). The summed E-state index contributed by atoms with van der Waals surface area (Å²) in [7, 11) is 0. The highest BCUT2D eigenvalue weighted by Crippen LogP contribution is 2.40. The molecule has 1 saturated heterocycles. The Hall–Kier alpha value is -3.21. The van der Waals surface area contributed by atoms with Gasteiger partial charge in [-0.15, -0.1) is 10.2 Å². The van der Waals surface area contributed by atoms with Crippen LogP contribution in [0.5, 0.6) is 0 Å². The van der Waals surface area contributed by atoms with Crippen molar-refractivity contribution in [3.05, 3.63) is 41.2 Å². The van der Waals surface area contributed by atoms with Gasteiger partial charge in [0.1, 0.15) is 17.5 Å².